The van der Waals surface area contributed by atoms with Crippen molar-refractivity contribution in [2.24, 2.45) is 5.10 Å². The minimum absolute atomic E-state index is 0.0469. The van der Waals surface area contributed by atoms with E-state index in [9.17, 15) is 4.79 Å². The zero-order valence-electron chi connectivity index (χ0n) is 14.7. The summed E-state index contributed by atoms with van der Waals surface area (Å²) in [5.41, 5.74) is 3.53. The number of hydrazone groups is 1. The highest BCUT2D eigenvalue weighted by molar-refractivity contribution is 5.89. The Hall–Kier alpha value is -2.08. The predicted octanol–water partition coefficient (Wildman–Crippen LogP) is 2.24. The van der Waals surface area contributed by atoms with E-state index in [0.717, 1.165) is 18.6 Å². The van der Waals surface area contributed by atoms with Gasteiger partial charge in [0.15, 0.2) is 11.5 Å². The van der Waals surface area contributed by atoms with E-state index >= 15 is 0 Å². The van der Waals surface area contributed by atoms with Gasteiger partial charge in [-0.3, -0.25) is 4.79 Å². The average molecular weight is 331 g/mol. The van der Waals surface area contributed by atoms with Crippen LogP contribution in [-0.2, 0) is 4.79 Å². The van der Waals surface area contributed by atoms with Crippen LogP contribution in [-0.4, -0.2) is 35.4 Å². The molecule has 1 aromatic rings. The fraction of sp³-hybridized carbons (Fsp3) is 0.556. The molecule has 6 heteroatoms. The second kappa shape index (κ2) is 6.09. The van der Waals surface area contributed by atoms with Gasteiger partial charge in [0.05, 0.1) is 0 Å². The van der Waals surface area contributed by atoms with Gasteiger partial charge in [-0.15, -0.1) is 0 Å². The molecule has 0 bridgehead atoms. The zero-order chi connectivity index (χ0) is 17.4. The molecule has 24 heavy (non-hydrogen) atoms. The molecule has 1 fully saturated rings. The average Bonchev–Trinajstić information content (AvgIpc) is 2.49. The van der Waals surface area contributed by atoms with Crippen molar-refractivity contribution in [3.05, 3.63) is 24.3 Å². The molecule has 1 atom stereocenters. The van der Waals surface area contributed by atoms with E-state index in [1.165, 1.54) is 0 Å². The fourth-order valence-electron chi connectivity index (χ4n) is 3.52. The summed E-state index contributed by atoms with van der Waals surface area (Å²) in [4.78, 5) is 12.3. The minimum Gasteiger partial charge on any atom is -0.485 e. The van der Waals surface area contributed by atoms with Crippen molar-refractivity contribution in [2.75, 3.05) is 6.61 Å². The summed E-state index contributed by atoms with van der Waals surface area (Å²) in [7, 11) is 0. The highest BCUT2D eigenvalue weighted by Gasteiger charge is 2.36. The molecule has 1 amide bonds. The van der Waals surface area contributed by atoms with E-state index < -0.39 is 6.10 Å². The number of amides is 1. The summed E-state index contributed by atoms with van der Waals surface area (Å²) in [6.07, 6.45) is 0.898. The first-order valence-corrected chi connectivity index (χ1v) is 8.27. The van der Waals surface area contributed by atoms with Crippen LogP contribution in [0.15, 0.2) is 29.4 Å². The lowest BCUT2D eigenvalue weighted by Gasteiger charge is -2.43. The number of nitrogens with one attached hydrogen (secondary N) is 2. The highest BCUT2D eigenvalue weighted by atomic mass is 16.6. The molecule has 130 valence electrons. The number of nitrogens with zero attached hydrogens (tertiary/aromatic N) is 1. The monoisotopic (exact) mass is 331 g/mol. The number of fused-ring (bicyclic) bond motifs is 1. The van der Waals surface area contributed by atoms with Crippen LogP contribution in [0.2, 0.25) is 0 Å². The van der Waals surface area contributed by atoms with Crippen LogP contribution >= 0.6 is 0 Å². The standard InChI is InChI=1S/C18H25N3O3/c1-17(2)9-12(10-18(3,4)21-17)19-20-16(22)15-11-23-13-7-5-6-8-14(13)24-15/h5-8,15,21H,9-11H2,1-4H3,(H,20,22)/t15-/m0/s1. The molecule has 2 aliphatic heterocycles. The van der Waals surface area contributed by atoms with Gasteiger partial charge in [0.25, 0.3) is 5.91 Å². The van der Waals surface area contributed by atoms with Crippen LogP contribution in [0.25, 0.3) is 0 Å². The van der Waals surface area contributed by atoms with E-state index in [4.69, 9.17) is 9.47 Å². The maximum Gasteiger partial charge on any atom is 0.284 e. The molecule has 2 N–H and O–H groups in total. The maximum absolute atomic E-state index is 12.3. The molecule has 1 aromatic carbocycles. The third kappa shape index (κ3) is 3.87. The maximum atomic E-state index is 12.3. The van der Waals surface area contributed by atoms with E-state index in [1.807, 2.05) is 18.2 Å². The first-order valence-electron chi connectivity index (χ1n) is 8.27. The van der Waals surface area contributed by atoms with Gasteiger partial charge >= 0.3 is 0 Å². The number of para-hydroxylation sites is 2. The number of benzene rings is 1. The van der Waals surface area contributed by atoms with E-state index in [2.05, 4.69) is 43.5 Å². The highest BCUT2D eigenvalue weighted by Crippen LogP contribution is 2.31. The number of hydrogen-bond donors (Lipinski definition) is 2. The summed E-state index contributed by atoms with van der Waals surface area (Å²) in [5, 5.41) is 7.93. The number of ether oxygens (including phenoxy) is 2. The van der Waals surface area contributed by atoms with Gasteiger partial charge < -0.3 is 14.8 Å². The molecule has 0 spiro atoms. The topological polar surface area (TPSA) is 72.0 Å². The Labute approximate surface area is 142 Å². The fourth-order valence-corrected chi connectivity index (χ4v) is 3.52. The molecule has 6 nitrogen and oxygen atoms in total. The molecule has 1 saturated heterocycles. The molecule has 0 aliphatic carbocycles. The van der Waals surface area contributed by atoms with E-state index in [0.29, 0.717) is 11.5 Å². The Morgan fingerprint density at radius 3 is 2.46 bits per heavy atom. The van der Waals surface area contributed by atoms with Gasteiger partial charge in [0.1, 0.15) is 6.61 Å². The Morgan fingerprint density at radius 2 is 1.79 bits per heavy atom. The lowest BCUT2D eigenvalue weighted by atomic mass is 9.81. The van der Waals surface area contributed by atoms with Crippen molar-refractivity contribution >= 4 is 11.6 Å². The predicted molar refractivity (Wildman–Crippen MR) is 92.5 cm³/mol. The van der Waals surface area contributed by atoms with Crippen LogP contribution in [0.5, 0.6) is 11.5 Å². The molecule has 3 rings (SSSR count). The normalized spacial score (nSPS) is 24.2. The molecule has 0 radical (unpaired) electrons. The zero-order valence-corrected chi connectivity index (χ0v) is 14.7. The molecule has 0 unspecified atom stereocenters. The summed E-state index contributed by atoms with van der Waals surface area (Å²) < 4.78 is 11.3. The molecule has 2 heterocycles. The van der Waals surface area contributed by atoms with Gasteiger partial charge in [-0.25, -0.2) is 5.43 Å². The van der Waals surface area contributed by atoms with Crippen LogP contribution in [0.3, 0.4) is 0 Å². The van der Waals surface area contributed by atoms with Crippen molar-refractivity contribution in [2.45, 2.75) is 57.7 Å². The number of hydrogen-bond acceptors (Lipinski definition) is 5. The Bertz CT molecular complexity index is 649. The van der Waals surface area contributed by atoms with Crippen molar-refractivity contribution in [3.8, 4) is 11.5 Å². The Balaban J connectivity index is 1.63. The van der Waals surface area contributed by atoms with E-state index in [-0.39, 0.29) is 23.6 Å². The molecule has 2 aliphatic rings. The van der Waals surface area contributed by atoms with Gasteiger partial charge in [-0.1, -0.05) is 12.1 Å². The van der Waals surface area contributed by atoms with Crippen molar-refractivity contribution in [1.82, 2.24) is 10.7 Å². The van der Waals surface area contributed by atoms with Crippen molar-refractivity contribution in [1.29, 1.82) is 0 Å². The molecular formula is C18H25N3O3. The summed E-state index contributed by atoms with van der Waals surface area (Å²) in [6.45, 7) is 8.74. The van der Waals surface area contributed by atoms with Crippen LogP contribution in [0.4, 0.5) is 0 Å². The van der Waals surface area contributed by atoms with E-state index in [1.54, 1.807) is 6.07 Å². The van der Waals surface area contributed by atoms with Crippen LogP contribution < -0.4 is 20.2 Å². The quantitative estimate of drug-likeness (QED) is 0.815. The first kappa shape index (κ1) is 16.8. The number of rotatable bonds is 2. The molecule has 0 saturated carbocycles. The van der Waals surface area contributed by atoms with Crippen molar-refractivity contribution < 1.29 is 14.3 Å². The minimum atomic E-state index is -0.688. The third-order valence-corrected chi connectivity index (χ3v) is 4.09. The number of carbonyl (C=O) groups is 1. The first-order chi connectivity index (χ1) is 11.2. The Kier molecular flexibility index (Phi) is 4.25. The summed E-state index contributed by atoms with van der Waals surface area (Å²) >= 11 is 0. The smallest absolute Gasteiger partial charge is 0.284 e. The summed E-state index contributed by atoms with van der Waals surface area (Å²) in [6, 6.07) is 7.33. The van der Waals surface area contributed by atoms with Gasteiger partial charge in [-0.2, -0.15) is 5.10 Å². The van der Waals surface area contributed by atoms with Crippen molar-refractivity contribution in [3.63, 3.8) is 0 Å². The van der Waals surface area contributed by atoms with Crippen LogP contribution in [0, 0.1) is 0 Å². The molecular weight excluding hydrogens is 306 g/mol. The summed E-state index contributed by atoms with van der Waals surface area (Å²) in [5.74, 6) is 0.960. The second-order valence-corrected chi connectivity index (χ2v) is 7.76. The lowest BCUT2D eigenvalue weighted by molar-refractivity contribution is -0.130. The van der Waals surface area contributed by atoms with Gasteiger partial charge in [-0.05, 0) is 39.8 Å². The largest absolute Gasteiger partial charge is 0.485 e. The second-order valence-electron chi connectivity index (χ2n) is 7.76. The third-order valence-electron chi connectivity index (χ3n) is 4.09. The lowest BCUT2D eigenvalue weighted by Crippen LogP contribution is -2.58. The van der Waals surface area contributed by atoms with Crippen LogP contribution in [0.1, 0.15) is 40.5 Å². The Morgan fingerprint density at radius 1 is 1.17 bits per heavy atom. The number of carbonyl (C=O) groups excluding carboxylic acids is 1. The molecule has 0 aromatic heterocycles. The van der Waals surface area contributed by atoms with Gasteiger partial charge in [0, 0.05) is 29.6 Å². The van der Waals surface area contributed by atoms with Gasteiger partial charge in [0.2, 0.25) is 6.10 Å². The SMILES string of the molecule is CC1(C)CC(=NNC(=O)[C@@H]2COc3ccccc3O2)CC(C)(C)N1. The number of piperidine rings is 1.